The Hall–Kier alpha value is -2.68. The standard InChI is InChI=1S/C28H35N3O4S/c1-31-26(20-8-9-20)16-22-12-15-24(17-27(22)31)36(33,34)30-23-13-10-21(11-14-23)28(32)29-25(18-35-2)19-6-4-3-5-7-19/h3-7,12,15-17,20-21,23,25,30H,8-11,13-14,18H2,1-2H3,(H,29,32)/t21?,23?,25-/m1/s1. The zero-order valence-electron chi connectivity index (χ0n) is 20.9. The van der Waals surface area contributed by atoms with E-state index in [-0.39, 0.29) is 23.9 Å². The molecule has 0 spiro atoms. The summed E-state index contributed by atoms with van der Waals surface area (Å²) in [6.07, 6.45) is 4.98. The molecule has 2 aliphatic rings. The van der Waals surface area contributed by atoms with E-state index in [1.54, 1.807) is 19.2 Å². The van der Waals surface area contributed by atoms with Gasteiger partial charge in [-0.2, -0.15) is 0 Å². The molecule has 5 rings (SSSR count). The van der Waals surface area contributed by atoms with Crippen molar-refractivity contribution in [3.8, 4) is 0 Å². The van der Waals surface area contributed by atoms with E-state index < -0.39 is 10.0 Å². The number of ether oxygens (including phenoxy) is 1. The van der Waals surface area contributed by atoms with Crippen LogP contribution in [0.25, 0.3) is 10.9 Å². The van der Waals surface area contributed by atoms with E-state index in [1.807, 2.05) is 43.4 Å². The van der Waals surface area contributed by atoms with E-state index in [4.69, 9.17) is 4.74 Å². The fourth-order valence-electron chi connectivity index (χ4n) is 5.39. The Bertz CT molecular complexity index is 1320. The van der Waals surface area contributed by atoms with Crippen LogP contribution < -0.4 is 10.0 Å². The Morgan fingerprint density at radius 2 is 1.75 bits per heavy atom. The molecule has 8 heteroatoms. The third-order valence-corrected chi connectivity index (χ3v) is 9.15. The van der Waals surface area contributed by atoms with Crippen molar-refractivity contribution in [1.29, 1.82) is 0 Å². The molecular weight excluding hydrogens is 474 g/mol. The summed E-state index contributed by atoms with van der Waals surface area (Å²) in [5, 5.41) is 4.20. The summed E-state index contributed by atoms with van der Waals surface area (Å²) in [7, 11) is -0.00303. The van der Waals surface area contributed by atoms with E-state index in [9.17, 15) is 13.2 Å². The Morgan fingerprint density at radius 3 is 2.42 bits per heavy atom. The predicted octanol–water partition coefficient (Wildman–Crippen LogP) is 4.40. The molecule has 0 saturated heterocycles. The molecule has 2 fully saturated rings. The summed E-state index contributed by atoms with van der Waals surface area (Å²) in [6, 6.07) is 17.0. The Kier molecular flexibility index (Phi) is 7.19. The van der Waals surface area contributed by atoms with Crippen molar-refractivity contribution < 1.29 is 17.9 Å². The Morgan fingerprint density at radius 1 is 1.03 bits per heavy atom. The van der Waals surface area contributed by atoms with Crippen molar-refractivity contribution in [2.24, 2.45) is 13.0 Å². The first-order valence-electron chi connectivity index (χ1n) is 12.8. The number of carbonyl (C=O) groups is 1. The van der Waals surface area contributed by atoms with Crippen LogP contribution in [0.15, 0.2) is 59.5 Å². The van der Waals surface area contributed by atoms with E-state index in [0.29, 0.717) is 43.1 Å². The maximum absolute atomic E-state index is 13.2. The lowest BCUT2D eigenvalue weighted by molar-refractivity contribution is -0.127. The van der Waals surface area contributed by atoms with Gasteiger partial charge in [-0.15, -0.1) is 0 Å². The number of rotatable bonds is 9. The molecule has 7 nitrogen and oxygen atoms in total. The van der Waals surface area contributed by atoms with E-state index in [1.165, 1.54) is 18.5 Å². The summed E-state index contributed by atoms with van der Waals surface area (Å²) in [4.78, 5) is 13.3. The van der Waals surface area contributed by atoms with Gasteiger partial charge >= 0.3 is 0 Å². The molecule has 1 amide bonds. The lowest BCUT2D eigenvalue weighted by Crippen LogP contribution is -2.42. The van der Waals surface area contributed by atoms with Crippen molar-refractivity contribution in [3.63, 3.8) is 0 Å². The molecule has 2 aliphatic carbocycles. The number of benzene rings is 2. The number of nitrogens with zero attached hydrogens (tertiary/aromatic N) is 1. The van der Waals surface area contributed by atoms with Gasteiger partial charge in [0, 0.05) is 37.3 Å². The topological polar surface area (TPSA) is 89.4 Å². The molecule has 0 radical (unpaired) electrons. The summed E-state index contributed by atoms with van der Waals surface area (Å²) in [5.74, 6) is 0.475. The van der Waals surface area contributed by atoms with Crippen LogP contribution in [0.2, 0.25) is 0 Å². The molecule has 2 saturated carbocycles. The van der Waals surface area contributed by atoms with Crippen LogP contribution in [0.5, 0.6) is 0 Å². The molecule has 0 bridgehead atoms. The van der Waals surface area contributed by atoms with Crippen LogP contribution in [0.3, 0.4) is 0 Å². The minimum absolute atomic E-state index is 0.00263. The highest BCUT2D eigenvalue weighted by Gasteiger charge is 2.31. The molecule has 2 aromatic carbocycles. The predicted molar refractivity (Wildman–Crippen MR) is 140 cm³/mol. The smallest absolute Gasteiger partial charge is 0.240 e. The number of aromatic nitrogens is 1. The van der Waals surface area contributed by atoms with Gasteiger partial charge in [0.25, 0.3) is 0 Å². The SMILES string of the molecule is COC[C@@H](NC(=O)C1CCC(NS(=O)(=O)c2ccc3cc(C4CC4)n(C)c3c2)CC1)c1ccccc1. The number of fused-ring (bicyclic) bond motifs is 1. The van der Waals surface area contributed by atoms with Gasteiger partial charge in [0.2, 0.25) is 15.9 Å². The zero-order valence-corrected chi connectivity index (χ0v) is 21.8. The first kappa shape index (κ1) is 25.0. The largest absolute Gasteiger partial charge is 0.382 e. The fourth-order valence-corrected chi connectivity index (χ4v) is 6.72. The third kappa shape index (κ3) is 5.36. The van der Waals surface area contributed by atoms with Crippen LogP contribution in [-0.4, -0.2) is 38.7 Å². The first-order chi connectivity index (χ1) is 17.4. The minimum Gasteiger partial charge on any atom is -0.382 e. The molecule has 192 valence electrons. The number of hydrogen-bond donors (Lipinski definition) is 2. The van der Waals surface area contributed by atoms with Gasteiger partial charge in [-0.05, 0) is 73.6 Å². The lowest BCUT2D eigenvalue weighted by Gasteiger charge is -2.29. The van der Waals surface area contributed by atoms with E-state index in [0.717, 1.165) is 16.5 Å². The molecular formula is C28H35N3O4S. The van der Waals surface area contributed by atoms with Crippen molar-refractivity contribution in [2.75, 3.05) is 13.7 Å². The van der Waals surface area contributed by atoms with Crippen LogP contribution >= 0.6 is 0 Å². The number of aryl methyl sites for hydroxylation is 1. The zero-order chi connectivity index (χ0) is 25.3. The summed E-state index contributed by atoms with van der Waals surface area (Å²) in [6.45, 7) is 0.401. The maximum Gasteiger partial charge on any atom is 0.240 e. The quantitative estimate of drug-likeness (QED) is 0.448. The van der Waals surface area contributed by atoms with Crippen LogP contribution in [0.1, 0.15) is 61.7 Å². The fraction of sp³-hybridized carbons (Fsp3) is 0.464. The maximum atomic E-state index is 13.2. The molecule has 2 N–H and O–H groups in total. The van der Waals surface area contributed by atoms with Crippen LogP contribution in [-0.2, 0) is 26.6 Å². The van der Waals surface area contributed by atoms with Gasteiger partial charge in [-0.3, -0.25) is 4.79 Å². The monoisotopic (exact) mass is 509 g/mol. The van der Waals surface area contributed by atoms with Gasteiger partial charge in [-0.1, -0.05) is 36.4 Å². The van der Waals surface area contributed by atoms with Gasteiger partial charge in [0.15, 0.2) is 0 Å². The summed E-state index contributed by atoms with van der Waals surface area (Å²) in [5.41, 5.74) is 3.24. The number of hydrogen-bond acceptors (Lipinski definition) is 4. The average molecular weight is 510 g/mol. The van der Waals surface area contributed by atoms with Gasteiger partial charge in [0.1, 0.15) is 0 Å². The molecule has 1 aromatic heterocycles. The first-order valence-corrected chi connectivity index (χ1v) is 14.3. The molecule has 0 unspecified atom stereocenters. The van der Waals surface area contributed by atoms with Crippen molar-refractivity contribution in [1.82, 2.24) is 14.6 Å². The highest BCUT2D eigenvalue weighted by atomic mass is 32.2. The number of methoxy groups -OCH3 is 1. The molecule has 1 heterocycles. The lowest BCUT2D eigenvalue weighted by atomic mass is 9.85. The van der Waals surface area contributed by atoms with Crippen molar-refractivity contribution in [2.45, 2.75) is 61.4 Å². The third-order valence-electron chi connectivity index (χ3n) is 7.63. The van der Waals surface area contributed by atoms with E-state index in [2.05, 4.69) is 20.7 Å². The molecule has 1 atom stereocenters. The molecule has 3 aromatic rings. The second-order valence-electron chi connectivity index (χ2n) is 10.2. The second-order valence-corrected chi connectivity index (χ2v) is 11.9. The molecule has 0 aliphatic heterocycles. The van der Waals surface area contributed by atoms with Gasteiger partial charge in [-0.25, -0.2) is 13.1 Å². The normalized spacial score (nSPS) is 21.4. The van der Waals surface area contributed by atoms with Crippen molar-refractivity contribution >= 4 is 26.8 Å². The van der Waals surface area contributed by atoms with Crippen LogP contribution in [0, 0.1) is 5.92 Å². The number of sulfonamides is 1. The minimum atomic E-state index is -3.64. The van der Waals surface area contributed by atoms with Crippen molar-refractivity contribution in [3.05, 3.63) is 65.9 Å². The number of amides is 1. The highest BCUT2D eigenvalue weighted by molar-refractivity contribution is 7.89. The number of nitrogens with one attached hydrogen (secondary N) is 2. The average Bonchev–Trinajstić information content (AvgIpc) is 3.67. The van der Waals surface area contributed by atoms with Crippen LogP contribution in [0.4, 0.5) is 0 Å². The Balaban J connectivity index is 1.19. The van der Waals surface area contributed by atoms with Gasteiger partial charge in [0.05, 0.1) is 17.5 Å². The molecule has 36 heavy (non-hydrogen) atoms. The Labute approximate surface area is 213 Å². The number of carbonyl (C=O) groups excluding carboxylic acids is 1. The summed E-state index contributed by atoms with van der Waals surface area (Å²) < 4.78 is 36.7. The van der Waals surface area contributed by atoms with Gasteiger partial charge < -0.3 is 14.6 Å². The second kappa shape index (κ2) is 10.4. The summed E-state index contributed by atoms with van der Waals surface area (Å²) >= 11 is 0. The highest BCUT2D eigenvalue weighted by Crippen LogP contribution is 2.42. The van der Waals surface area contributed by atoms with E-state index >= 15 is 0 Å².